The van der Waals surface area contributed by atoms with Crippen molar-refractivity contribution in [1.29, 1.82) is 0 Å². The summed E-state index contributed by atoms with van der Waals surface area (Å²) < 4.78 is 34.4. The van der Waals surface area contributed by atoms with Crippen molar-refractivity contribution in [3.63, 3.8) is 0 Å². The van der Waals surface area contributed by atoms with Crippen LogP contribution in [0, 0.1) is 0 Å². The highest BCUT2D eigenvalue weighted by Crippen LogP contribution is 2.27. The Labute approximate surface area is 466 Å². The monoisotopic (exact) mass is 1090 g/mol. The first-order chi connectivity index (χ1) is 37.6. The molecule has 0 aromatic rings. The zero-order valence-corrected chi connectivity index (χ0v) is 48.2. The van der Waals surface area contributed by atoms with Crippen LogP contribution >= 0.6 is 0 Å². The molecule has 11 unspecified atom stereocenters. The summed E-state index contributed by atoms with van der Waals surface area (Å²) in [6.45, 7) is 3.59. The summed E-state index contributed by atoms with van der Waals surface area (Å²) in [7, 11) is 0. The van der Waals surface area contributed by atoms with Gasteiger partial charge in [-0.2, -0.15) is 0 Å². The van der Waals surface area contributed by atoms with E-state index in [4.69, 9.17) is 28.4 Å². The van der Waals surface area contributed by atoms with E-state index in [2.05, 4.69) is 74.6 Å². The maximum Gasteiger partial charge on any atom is 0.306 e. The Kier molecular flexibility index (Phi) is 45.5. The average molecular weight is 1090 g/mol. The molecule has 2 saturated heterocycles. The number of aliphatic hydroxyl groups excluding tert-OH is 7. The summed E-state index contributed by atoms with van der Waals surface area (Å²) in [6.07, 6.45) is 45.7. The second-order valence-corrected chi connectivity index (χ2v) is 21.5. The third-order valence-electron chi connectivity index (χ3n) is 14.5. The van der Waals surface area contributed by atoms with Gasteiger partial charge in [0.1, 0.15) is 54.9 Å². The van der Waals surface area contributed by atoms with Crippen molar-refractivity contribution < 1.29 is 69.0 Å². The molecule has 2 fully saturated rings. The number of carbonyl (C=O) groups excluding carboxylic acids is 1. The number of rotatable bonds is 50. The van der Waals surface area contributed by atoms with E-state index in [0.29, 0.717) is 13.0 Å². The lowest BCUT2D eigenvalue weighted by Crippen LogP contribution is -2.61. The molecule has 0 radical (unpaired) electrons. The zero-order chi connectivity index (χ0) is 55.8. The molecule has 11 atom stereocenters. The highest BCUT2D eigenvalue weighted by molar-refractivity contribution is 5.69. The van der Waals surface area contributed by atoms with Crippen molar-refractivity contribution in [2.24, 2.45) is 0 Å². The van der Waals surface area contributed by atoms with Gasteiger partial charge in [-0.15, -0.1) is 0 Å². The van der Waals surface area contributed by atoms with Crippen LogP contribution in [0.25, 0.3) is 0 Å². The number of allylic oxidation sites excluding steroid dienone is 10. The van der Waals surface area contributed by atoms with Gasteiger partial charge in [0.2, 0.25) is 0 Å². The summed E-state index contributed by atoms with van der Waals surface area (Å²) in [5.74, 6) is -0.392. The van der Waals surface area contributed by atoms with Crippen LogP contribution in [0.1, 0.15) is 232 Å². The molecule has 0 aliphatic carbocycles. The fraction of sp³-hybridized carbons (Fsp3) is 0.825. The molecule has 14 nitrogen and oxygen atoms in total. The number of hydrogen-bond acceptors (Lipinski definition) is 14. The van der Waals surface area contributed by atoms with Crippen molar-refractivity contribution in [2.75, 3.05) is 33.0 Å². The third-order valence-corrected chi connectivity index (χ3v) is 14.5. The molecule has 2 aliphatic rings. The third kappa shape index (κ3) is 35.9. The van der Waals surface area contributed by atoms with Gasteiger partial charge < -0.3 is 64.2 Å². The second-order valence-electron chi connectivity index (χ2n) is 21.5. The van der Waals surface area contributed by atoms with Gasteiger partial charge in [-0.3, -0.25) is 4.79 Å². The molecular formula is C63H112O14. The molecule has 448 valence electrons. The SMILES string of the molecule is CC/C=C\C/C=C\C/C=C\C/C=C\C/C=C\CCCCCCCC(=O)OC(COCCCCCCCCCCCCCCCCCCCCCCCC)COC1OC(COC2OC(CO)C(O)C(O)C2O)C(O)C(O)C1O. The van der Waals surface area contributed by atoms with Crippen molar-refractivity contribution in [3.8, 4) is 0 Å². The van der Waals surface area contributed by atoms with Crippen LogP contribution in [-0.2, 0) is 33.2 Å². The lowest BCUT2D eigenvalue weighted by atomic mass is 9.98. The van der Waals surface area contributed by atoms with E-state index in [1.807, 2.05) is 0 Å². The number of esters is 1. The molecule has 0 saturated carbocycles. The number of hydrogen-bond donors (Lipinski definition) is 7. The standard InChI is InChI=1S/C63H112O14/c1-3-5-7-9-11-13-15-17-19-21-23-25-27-29-31-33-35-37-39-41-43-45-47-72-49-52(50-73-62-61(71)59(69)57(67)54(77-62)51-74-63-60(70)58(68)56(66)53(48-64)76-63)75-55(65)46-44-42-40-38-36-34-32-30-28-26-24-22-20-18-16-14-12-10-8-6-4-2/h6,8,12,14,18,20,24,26,30,32,52-54,56-64,66-71H,3-5,7,9-11,13,15-17,19,21-23,25,27-29,31,33-51H2,1-2H3/b8-6-,14-12-,20-18-,26-24-,32-30-. The van der Waals surface area contributed by atoms with Gasteiger partial charge in [0, 0.05) is 13.0 Å². The molecule has 14 heteroatoms. The molecule has 0 aromatic carbocycles. The Morgan fingerprint density at radius 1 is 0.442 bits per heavy atom. The van der Waals surface area contributed by atoms with Gasteiger partial charge >= 0.3 is 5.97 Å². The van der Waals surface area contributed by atoms with E-state index >= 15 is 0 Å². The first-order valence-electron chi connectivity index (χ1n) is 30.9. The lowest BCUT2D eigenvalue weighted by Gasteiger charge is -2.42. The lowest BCUT2D eigenvalue weighted by molar-refractivity contribution is -0.332. The topological polar surface area (TPSA) is 214 Å². The molecule has 0 amide bonds. The highest BCUT2D eigenvalue weighted by Gasteiger charge is 2.47. The highest BCUT2D eigenvalue weighted by atomic mass is 16.7. The molecule has 2 aliphatic heterocycles. The Bertz CT molecular complexity index is 1500. The molecular weight excluding hydrogens is 981 g/mol. The van der Waals surface area contributed by atoms with Gasteiger partial charge in [-0.1, -0.05) is 229 Å². The van der Waals surface area contributed by atoms with Gasteiger partial charge in [-0.05, 0) is 57.8 Å². The van der Waals surface area contributed by atoms with Crippen LogP contribution in [0.15, 0.2) is 60.8 Å². The summed E-state index contributed by atoms with van der Waals surface area (Å²) in [5, 5.41) is 72.4. The summed E-state index contributed by atoms with van der Waals surface area (Å²) >= 11 is 0. The molecule has 77 heavy (non-hydrogen) atoms. The normalized spacial score (nSPS) is 24.7. The Morgan fingerprint density at radius 2 is 0.844 bits per heavy atom. The van der Waals surface area contributed by atoms with E-state index in [9.17, 15) is 40.5 Å². The first-order valence-corrected chi connectivity index (χ1v) is 30.9. The van der Waals surface area contributed by atoms with Crippen molar-refractivity contribution >= 4 is 5.97 Å². The van der Waals surface area contributed by atoms with Crippen molar-refractivity contribution in [2.45, 2.75) is 300 Å². The van der Waals surface area contributed by atoms with E-state index in [1.165, 1.54) is 122 Å². The molecule has 2 rings (SSSR count). The molecule has 0 aromatic heterocycles. The summed E-state index contributed by atoms with van der Waals surface area (Å²) in [5.41, 5.74) is 0. The number of carbonyl (C=O) groups is 1. The maximum atomic E-state index is 13.1. The summed E-state index contributed by atoms with van der Waals surface area (Å²) in [6, 6.07) is 0. The van der Waals surface area contributed by atoms with Gasteiger partial charge in [0.15, 0.2) is 12.6 Å². The Balaban J connectivity index is 1.70. The molecule has 7 N–H and O–H groups in total. The smallest absolute Gasteiger partial charge is 0.306 e. The van der Waals surface area contributed by atoms with E-state index < -0.39 is 86.7 Å². The van der Waals surface area contributed by atoms with Crippen molar-refractivity contribution in [3.05, 3.63) is 60.8 Å². The quantitative estimate of drug-likeness (QED) is 0.0172. The predicted octanol–water partition coefficient (Wildman–Crippen LogP) is 11.6. The van der Waals surface area contributed by atoms with E-state index in [0.717, 1.165) is 83.5 Å². The average Bonchev–Trinajstić information content (AvgIpc) is 3.43. The Hall–Kier alpha value is -2.31. The minimum absolute atomic E-state index is 0.0540. The second kappa shape index (κ2) is 49.5. The van der Waals surface area contributed by atoms with Crippen LogP contribution in [0.5, 0.6) is 0 Å². The van der Waals surface area contributed by atoms with Crippen molar-refractivity contribution in [1.82, 2.24) is 0 Å². The van der Waals surface area contributed by atoms with Crippen LogP contribution in [0.3, 0.4) is 0 Å². The number of aliphatic hydroxyl groups is 7. The van der Waals surface area contributed by atoms with E-state index in [-0.39, 0.29) is 19.6 Å². The minimum atomic E-state index is -1.71. The summed E-state index contributed by atoms with van der Waals surface area (Å²) in [4.78, 5) is 13.1. The minimum Gasteiger partial charge on any atom is -0.457 e. The first kappa shape index (κ1) is 70.8. The Morgan fingerprint density at radius 3 is 1.32 bits per heavy atom. The molecule has 0 spiro atoms. The van der Waals surface area contributed by atoms with E-state index in [1.54, 1.807) is 0 Å². The predicted molar refractivity (Wildman–Crippen MR) is 307 cm³/mol. The maximum absolute atomic E-state index is 13.1. The van der Waals surface area contributed by atoms with Crippen LogP contribution in [0.4, 0.5) is 0 Å². The molecule has 0 bridgehead atoms. The van der Waals surface area contributed by atoms with Gasteiger partial charge in [0.05, 0.1) is 26.4 Å². The van der Waals surface area contributed by atoms with Gasteiger partial charge in [0.25, 0.3) is 0 Å². The largest absolute Gasteiger partial charge is 0.457 e. The fourth-order valence-electron chi connectivity index (χ4n) is 9.61. The van der Waals surface area contributed by atoms with Crippen LogP contribution in [0.2, 0.25) is 0 Å². The zero-order valence-electron chi connectivity index (χ0n) is 48.2. The number of ether oxygens (including phenoxy) is 6. The molecule has 2 heterocycles. The van der Waals surface area contributed by atoms with Gasteiger partial charge in [-0.25, -0.2) is 0 Å². The van der Waals surface area contributed by atoms with Crippen LogP contribution < -0.4 is 0 Å². The fourth-order valence-corrected chi connectivity index (χ4v) is 9.61. The van der Waals surface area contributed by atoms with Crippen LogP contribution in [-0.4, -0.2) is 142 Å². The number of unbranched alkanes of at least 4 members (excludes halogenated alkanes) is 26.